The topological polar surface area (TPSA) is 44.5 Å². The first kappa shape index (κ1) is 12.3. The fraction of sp³-hybridized carbons (Fsp3) is 0.538. The van der Waals surface area contributed by atoms with Gasteiger partial charge in [0, 0.05) is 24.8 Å². The average molecular weight is 239 g/mol. The Morgan fingerprint density at radius 1 is 1.41 bits per heavy atom. The van der Waals surface area contributed by atoms with Gasteiger partial charge in [-0.15, -0.1) is 0 Å². The zero-order valence-corrected chi connectivity index (χ0v) is 9.99. The molecule has 1 aliphatic heterocycles. The molecule has 0 bridgehead atoms. The second-order valence-electron chi connectivity index (χ2n) is 4.33. The van der Waals surface area contributed by atoms with Gasteiger partial charge >= 0.3 is 0 Å². The minimum absolute atomic E-state index is 0.259. The molecule has 0 aromatic heterocycles. The number of methoxy groups -OCH3 is 1. The maximum absolute atomic E-state index is 13.9. The molecule has 2 rings (SSSR count). The molecule has 1 aromatic carbocycles. The van der Waals surface area contributed by atoms with Gasteiger partial charge in [-0.3, -0.25) is 0 Å². The number of halogens is 1. The molecule has 1 aliphatic rings. The van der Waals surface area contributed by atoms with Gasteiger partial charge in [0.1, 0.15) is 11.6 Å². The molecule has 4 heteroatoms. The maximum atomic E-state index is 13.9. The van der Waals surface area contributed by atoms with Crippen LogP contribution in [-0.2, 0) is 4.74 Å². The molecule has 0 radical (unpaired) electrons. The minimum Gasteiger partial charge on any atom is -0.496 e. The number of rotatable bonds is 3. The van der Waals surface area contributed by atoms with Crippen LogP contribution in [0.3, 0.4) is 0 Å². The van der Waals surface area contributed by atoms with Gasteiger partial charge < -0.3 is 15.2 Å². The number of ether oxygens (including phenoxy) is 2. The molecule has 1 fully saturated rings. The zero-order valence-electron chi connectivity index (χ0n) is 9.99. The van der Waals surface area contributed by atoms with Crippen molar-refractivity contribution < 1.29 is 13.9 Å². The highest BCUT2D eigenvalue weighted by Gasteiger charge is 2.26. The van der Waals surface area contributed by atoms with Gasteiger partial charge in [-0.1, -0.05) is 6.07 Å². The summed E-state index contributed by atoms with van der Waals surface area (Å²) in [6.07, 6.45) is 1.75. The minimum atomic E-state index is -0.324. The molecule has 0 aliphatic carbocycles. The van der Waals surface area contributed by atoms with Crippen LogP contribution in [0.2, 0.25) is 0 Å². The summed E-state index contributed by atoms with van der Waals surface area (Å²) in [5.41, 5.74) is 6.66. The quantitative estimate of drug-likeness (QED) is 0.880. The van der Waals surface area contributed by atoms with Crippen LogP contribution in [0.5, 0.6) is 5.75 Å². The smallest absolute Gasteiger partial charge is 0.131 e. The van der Waals surface area contributed by atoms with Crippen LogP contribution in [0.25, 0.3) is 0 Å². The van der Waals surface area contributed by atoms with Crippen LogP contribution >= 0.6 is 0 Å². The Labute approximate surface area is 101 Å². The van der Waals surface area contributed by atoms with Crippen LogP contribution in [0.15, 0.2) is 18.2 Å². The lowest BCUT2D eigenvalue weighted by molar-refractivity contribution is 0.0577. The fourth-order valence-electron chi connectivity index (χ4n) is 2.33. The lowest BCUT2D eigenvalue weighted by atomic mass is 9.87. The summed E-state index contributed by atoms with van der Waals surface area (Å²) in [5.74, 6) is 0.502. The fourth-order valence-corrected chi connectivity index (χ4v) is 2.33. The molecule has 0 spiro atoms. The Kier molecular flexibility index (Phi) is 3.97. The molecule has 0 saturated carbocycles. The SMILES string of the molecule is COc1cccc(F)c1[C@@H](N)C1CCOCC1. The second-order valence-corrected chi connectivity index (χ2v) is 4.33. The number of nitrogens with two attached hydrogens (primary N) is 1. The number of benzene rings is 1. The van der Waals surface area contributed by atoms with Crippen molar-refractivity contribution in [3.8, 4) is 5.75 Å². The summed E-state index contributed by atoms with van der Waals surface area (Å²) >= 11 is 0. The predicted octanol–water partition coefficient (Wildman–Crippen LogP) is 2.26. The standard InChI is InChI=1S/C13H18FNO2/c1-16-11-4-2-3-10(14)12(11)13(15)9-5-7-17-8-6-9/h2-4,9,13H,5-8,15H2,1H3/t13-/m0/s1. The first-order valence-corrected chi connectivity index (χ1v) is 5.89. The van der Waals surface area contributed by atoms with Crippen molar-refractivity contribution in [2.45, 2.75) is 18.9 Å². The van der Waals surface area contributed by atoms with Gasteiger partial charge in [-0.2, -0.15) is 0 Å². The van der Waals surface area contributed by atoms with Gasteiger partial charge in [-0.05, 0) is 30.9 Å². The van der Waals surface area contributed by atoms with E-state index in [1.807, 2.05) is 0 Å². The Morgan fingerprint density at radius 2 is 2.12 bits per heavy atom. The van der Waals surface area contributed by atoms with E-state index in [9.17, 15) is 4.39 Å². The first-order chi connectivity index (χ1) is 8.24. The third-order valence-corrected chi connectivity index (χ3v) is 3.34. The van der Waals surface area contributed by atoms with E-state index in [0.29, 0.717) is 24.5 Å². The van der Waals surface area contributed by atoms with E-state index < -0.39 is 0 Å². The molecular formula is C13H18FNO2. The Morgan fingerprint density at radius 3 is 2.76 bits per heavy atom. The van der Waals surface area contributed by atoms with Crippen molar-refractivity contribution in [2.75, 3.05) is 20.3 Å². The van der Waals surface area contributed by atoms with Crippen LogP contribution in [-0.4, -0.2) is 20.3 Å². The predicted molar refractivity (Wildman–Crippen MR) is 63.4 cm³/mol. The molecular weight excluding hydrogens is 221 g/mol. The molecule has 94 valence electrons. The van der Waals surface area contributed by atoms with Crippen molar-refractivity contribution >= 4 is 0 Å². The third-order valence-electron chi connectivity index (χ3n) is 3.34. The van der Waals surface area contributed by atoms with E-state index in [4.69, 9.17) is 15.2 Å². The van der Waals surface area contributed by atoms with Gasteiger partial charge in [0.25, 0.3) is 0 Å². The lowest BCUT2D eigenvalue weighted by Gasteiger charge is -2.28. The summed E-state index contributed by atoms with van der Waals surface area (Å²) in [6, 6.07) is 4.48. The van der Waals surface area contributed by atoms with Gasteiger partial charge in [-0.25, -0.2) is 4.39 Å². The first-order valence-electron chi connectivity index (χ1n) is 5.89. The summed E-state index contributed by atoms with van der Waals surface area (Å²) in [4.78, 5) is 0. The van der Waals surface area contributed by atoms with E-state index >= 15 is 0 Å². The van der Waals surface area contributed by atoms with E-state index in [1.54, 1.807) is 12.1 Å². The van der Waals surface area contributed by atoms with E-state index in [2.05, 4.69) is 0 Å². The molecule has 0 amide bonds. The van der Waals surface area contributed by atoms with Gasteiger partial charge in [0.15, 0.2) is 0 Å². The highest BCUT2D eigenvalue weighted by Crippen LogP contribution is 2.34. The molecule has 0 unspecified atom stereocenters. The maximum Gasteiger partial charge on any atom is 0.131 e. The van der Waals surface area contributed by atoms with E-state index in [-0.39, 0.29) is 17.8 Å². The van der Waals surface area contributed by atoms with Crippen molar-refractivity contribution in [3.05, 3.63) is 29.6 Å². The Balaban J connectivity index is 2.25. The van der Waals surface area contributed by atoms with Crippen molar-refractivity contribution in [1.82, 2.24) is 0 Å². The lowest BCUT2D eigenvalue weighted by Crippen LogP contribution is -2.28. The van der Waals surface area contributed by atoms with Gasteiger partial charge in [0.05, 0.1) is 7.11 Å². The highest BCUT2D eigenvalue weighted by molar-refractivity contribution is 5.37. The second kappa shape index (κ2) is 5.47. The number of hydrogen-bond acceptors (Lipinski definition) is 3. The van der Waals surface area contributed by atoms with Crippen LogP contribution in [0.1, 0.15) is 24.4 Å². The normalized spacial score (nSPS) is 19.0. The van der Waals surface area contributed by atoms with E-state index in [1.165, 1.54) is 13.2 Å². The van der Waals surface area contributed by atoms with Crippen molar-refractivity contribution in [3.63, 3.8) is 0 Å². The average Bonchev–Trinajstić information content (AvgIpc) is 2.38. The molecule has 2 N–H and O–H groups in total. The number of hydrogen-bond donors (Lipinski definition) is 1. The highest BCUT2D eigenvalue weighted by atomic mass is 19.1. The molecule has 1 heterocycles. The Hall–Kier alpha value is -1.13. The summed E-state index contributed by atoms with van der Waals surface area (Å²) < 4.78 is 24.3. The molecule has 3 nitrogen and oxygen atoms in total. The summed E-state index contributed by atoms with van der Waals surface area (Å²) in [7, 11) is 1.54. The zero-order chi connectivity index (χ0) is 12.3. The Bertz CT molecular complexity index is 378. The largest absolute Gasteiger partial charge is 0.496 e. The van der Waals surface area contributed by atoms with Crippen LogP contribution < -0.4 is 10.5 Å². The molecule has 1 saturated heterocycles. The van der Waals surface area contributed by atoms with E-state index in [0.717, 1.165) is 12.8 Å². The van der Waals surface area contributed by atoms with Crippen molar-refractivity contribution in [2.24, 2.45) is 11.7 Å². The summed E-state index contributed by atoms with van der Waals surface area (Å²) in [6.45, 7) is 1.41. The van der Waals surface area contributed by atoms with Gasteiger partial charge in [0.2, 0.25) is 0 Å². The monoisotopic (exact) mass is 239 g/mol. The molecule has 1 atom stereocenters. The molecule has 1 aromatic rings. The van der Waals surface area contributed by atoms with Crippen LogP contribution in [0.4, 0.5) is 4.39 Å². The van der Waals surface area contributed by atoms with Crippen molar-refractivity contribution in [1.29, 1.82) is 0 Å². The molecule has 17 heavy (non-hydrogen) atoms. The summed E-state index contributed by atoms with van der Waals surface area (Å²) in [5, 5.41) is 0. The van der Waals surface area contributed by atoms with Crippen LogP contribution in [0, 0.1) is 11.7 Å². The third kappa shape index (κ3) is 2.58.